The number of rotatable bonds is 6. The van der Waals surface area contributed by atoms with Crippen LogP contribution in [0, 0.1) is 5.92 Å². The van der Waals surface area contributed by atoms with Crippen LogP contribution in [0.1, 0.15) is 43.5 Å². The molecular weight excluding hydrogens is 350 g/mol. The highest BCUT2D eigenvalue weighted by Gasteiger charge is 2.30. The van der Waals surface area contributed by atoms with E-state index in [4.69, 9.17) is 5.10 Å². The highest BCUT2D eigenvalue weighted by atomic mass is 16.2. The highest BCUT2D eigenvalue weighted by molar-refractivity contribution is 5.79. The summed E-state index contributed by atoms with van der Waals surface area (Å²) < 4.78 is 2.08. The van der Waals surface area contributed by atoms with Crippen LogP contribution in [0.5, 0.6) is 0 Å². The van der Waals surface area contributed by atoms with E-state index >= 15 is 0 Å². The van der Waals surface area contributed by atoms with Gasteiger partial charge in [-0.1, -0.05) is 50.6 Å². The fraction of sp³-hybridized carbons (Fsp3) is 0.409. The van der Waals surface area contributed by atoms with Gasteiger partial charge in [-0.3, -0.25) is 9.48 Å². The molecule has 1 aromatic carbocycles. The number of carbonyl (C=O) groups excluding carboxylic acids is 1. The second kappa shape index (κ2) is 8.00. The van der Waals surface area contributed by atoms with Gasteiger partial charge in [-0.2, -0.15) is 5.10 Å². The first-order valence-electron chi connectivity index (χ1n) is 10.1. The SMILES string of the molecule is CCCC(C)C(=O)N1CCc2c(c(-c3ncc[nH]3)nn2Cc2ccccc2)C1. The maximum absolute atomic E-state index is 12.9. The zero-order chi connectivity index (χ0) is 19.5. The molecule has 6 nitrogen and oxygen atoms in total. The summed E-state index contributed by atoms with van der Waals surface area (Å²) in [6.07, 6.45) is 6.33. The molecule has 0 saturated carbocycles. The Morgan fingerprint density at radius 1 is 1.29 bits per heavy atom. The third-order valence-corrected chi connectivity index (χ3v) is 5.49. The van der Waals surface area contributed by atoms with E-state index in [9.17, 15) is 4.79 Å². The molecule has 2 aromatic heterocycles. The van der Waals surface area contributed by atoms with Crippen LogP contribution in [-0.2, 0) is 24.3 Å². The van der Waals surface area contributed by atoms with Crippen molar-refractivity contribution in [3.8, 4) is 11.5 Å². The van der Waals surface area contributed by atoms with Crippen molar-refractivity contribution in [1.29, 1.82) is 0 Å². The maximum atomic E-state index is 12.9. The minimum absolute atomic E-state index is 0.0676. The van der Waals surface area contributed by atoms with Crippen molar-refractivity contribution in [2.75, 3.05) is 6.54 Å². The molecule has 1 amide bonds. The van der Waals surface area contributed by atoms with Gasteiger partial charge in [0.1, 0.15) is 5.69 Å². The Bertz CT molecular complexity index is 930. The molecule has 146 valence electrons. The average molecular weight is 377 g/mol. The molecule has 0 spiro atoms. The lowest BCUT2D eigenvalue weighted by molar-refractivity contribution is -0.136. The lowest BCUT2D eigenvalue weighted by atomic mass is 10.00. The Morgan fingerprint density at radius 2 is 2.11 bits per heavy atom. The number of nitrogens with zero attached hydrogens (tertiary/aromatic N) is 4. The molecule has 1 aliphatic rings. The summed E-state index contributed by atoms with van der Waals surface area (Å²) in [6.45, 7) is 6.24. The largest absolute Gasteiger partial charge is 0.343 e. The zero-order valence-corrected chi connectivity index (χ0v) is 16.6. The average Bonchev–Trinajstić information content (AvgIpc) is 3.36. The molecule has 1 unspecified atom stereocenters. The lowest BCUT2D eigenvalue weighted by Crippen LogP contribution is -2.39. The number of H-pyrrole nitrogens is 1. The Morgan fingerprint density at radius 3 is 2.82 bits per heavy atom. The van der Waals surface area contributed by atoms with Crippen LogP contribution in [-0.4, -0.2) is 37.1 Å². The molecule has 0 radical (unpaired) electrons. The van der Waals surface area contributed by atoms with Gasteiger partial charge >= 0.3 is 0 Å². The van der Waals surface area contributed by atoms with Crippen molar-refractivity contribution in [2.24, 2.45) is 5.92 Å². The van der Waals surface area contributed by atoms with Crippen LogP contribution in [0.2, 0.25) is 0 Å². The maximum Gasteiger partial charge on any atom is 0.225 e. The summed E-state index contributed by atoms with van der Waals surface area (Å²) in [5.41, 5.74) is 4.40. The highest BCUT2D eigenvalue weighted by Crippen LogP contribution is 2.29. The van der Waals surface area contributed by atoms with Gasteiger partial charge in [0.05, 0.1) is 6.54 Å². The number of hydrogen-bond acceptors (Lipinski definition) is 3. The number of fused-ring (bicyclic) bond motifs is 1. The van der Waals surface area contributed by atoms with Gasteiger partial charge in [-0.15, -0.1) is 0 Å². The van der Waals surface area contributed by atoms with E-state index in [2.05, 4.69) is 33.7 Å². The molecule has 0 saturated heterocycles. The number of benzene rings is 1. The van der Waals surface area contributed by atoms with Crippen molar-refractivity contribution >= 4 is 5.91 Å². The smallest absolute Gasteiger partial charge is 0.225 e. The normalized spacial score (nSPS) is 14.7. The molecule has 1 atom stereocenters. The number of aromatic nitrogens is 4. The molecule has 1 N–H and O–H groups in total. The van der Waals surface area contributed by atoms with Crippen LogP contribution < -0.4 is 0 Å². The Hall–Kier alpha value is -2.89. The lowest BCUT2D eigenvalue weighted by Gasteiger charge is -2.30. The Balaban J connectivity index is 1.66. The van der Waals surface area contributed by atoms with Crippen LogP contribution in [0.15, 0.2) is 42.7 Å². The predicted octanol–water partition coefficient (Wildman–Crippen LogP) is 3.64. The molecule has 3 heterocycles. The second-order valence-electron chi connectivity index (χ2n) is 7.55. The van der Waals surface area contributed by atoms with Crippen molar-refractivity contribution < 1.29 is 4.79 Å². The van der Waals surface area contributed by atoms with E-state index in [1.807, 2.05) is 36.2 Å². The summed E-state index contributed by atoms with van der Waals surface area (Å²) in [5, 5.41) is 4.89. The summed E-state index contributed by atoms with van der Waals surface area (Å²) in [4.78, 5) is 22.5. The molecule has 1 aliphatic heterocycles. The van der Waals surface area contributed by atoms with Gasteiger partial charge in [0.2, 0.25) is 5.91 Å². The summed E-state index contributed by atoms with van der Waals surface area (Å²) in [5.74, 6) is 1.07. The van der Waals surface area contributed by atoms with Gasteiger partial charge < -0.3 is 9.88 Å². The van der Waals surface area contributed by atoms with Crippen molar-refractivity contribution in [2.45, 2.75) is 46.2 Å². The molecular formula is C22H27N5O. The molecule has 0 fully saturated rings. The fourth-order valence-electron chi connectivity index (χ4n) is 4.02. The summed E-state index contributed by atoms with van der Waals surface area (Å²) in [7, 11) is 0. The topological polar surface area (TPSA) is 66.8 Å². The van der Waals surface area contributed by atoms with Crippen molar-refractivity contribution in [1.82, 2.24) is 24.6 Å². The van der Waals surface area contributed by atoms with E-state index in [0.29, 0.717) is 6.54 Å². The minimum Gasteiger partial charge on any atom is -0.343 e. The first kappa shape index (κ1) is 18.5. The van der Waals surface area contributed by atoms with Gasteiger partial charge in [0.15, 0.2) is 5.82 Å². The van der Waals surface area contributed by atoms with Gasteiger partial charge in [0.25, 0.3) is 0 Å². The number of carbonyl (C=O) groups is 1. The van der Waals surface area contributed by atoms with E-state index in [1.54, 1.807) is 6.20 Å². The van der Waals surface area contributed by atoms with E-state index in [1.165, 1.54) is 11.3 Å². The molecule has 28 heavy (non-hydrogen) atoms. The van der Waals surface area contributed by atoms with E-state index in [-0.39, 0.29) is 11.8 Å². The standard InChI is InChI=1S/C22H27N5O/c1-3-7-16(2)22(28)26-13-10-19-18(15-26)20(21-23-11-12-24-21)25-27(19)14-17-8-5-4-6-9-17/h4-6,8-9,11-12,16H,3,7,10,13-15H2,1-2H3,(H,23,24). The van der Waals surface area contributed by atoms with E-state index < -0.39 is 0 Å². The molecule has 0 bridgehead atoms. The monoisotopic (exact) mass is 377 g/mol. The van der Waals surface area contributed by atoms with Crippen molar-refractivity contribution in [3.05, 3.63) is 59.5 Å². The fourth-order valence-corrected chi connectivity index (χ4v) is 4.02. The number of amides is 1. The predicted molar refractivity (Wildman–Crippen MR) is 109 cm³/mol. The van der Waals surface area contributed by atoms with Crippen molar-refractivity contribution in [3.63, 3.8) is 0 Å². The number of imidazole rings is 1. The number of aromatic amines is 1. The quantitative estimate of drug-likeness (QED) is 0.713. The van der Waals surface area contributed by atoms with Crippen LogP contribution in [0.25, 0.3) is 11.5 Å². The van der Waals surface area contributed by atoms with Gasteiger partial charge in [0, 0.05) is 49.1 Å². The zero-order valence-electron chi connectivity index (χ0n) is 16.6. The van der Waals surface area contributed by atoms with Crippen LogP contribution in [0.3, 0.4) is 0 Å². The second-order valence-corrected chi connectivity index (χ2v) is 7.55. The van der Waals surface area contributed by atoms with Gasteiger partial charge in [-0.25, -0.2) is 4.98 Å². The third kappa shape index (κ3) is 3.59. The number of hydrogen-bond donors (Lipinski definition) is 1. The third-order valence-electron chi connectivity index (χ3n) is 5.49. The molecule has 4 rings (SSSR count). The first-order valence-corrected chi connectivity index (χ1v) is 10.1. The van der Waals surface area contributed by atoms with E-state index in [0.717, 1.165) is 49.4 Å². The Labute approximate surface area is 165 Å². The minimum atomic E-state index is 0.0676. The first-order chi connectivity index (χ1) is 13.7. The molecule has 3 aromatic rings. The Kier molecular flexibility index (Phi) is 5.28. The number of nitrogens with one attached hydrogen (secondary N) is 1. The summed E-state index contributed by atoms with van der Waals surface area (Å²) in [6, 6.07) is 10.4. The molecule has 6 heteroatoms. The summed E-state index contributed by atoms with van der Waals surface area (Å²) >= 11 is 0. The van der Waals surface area contributed by atoms with Crippen LogP contribution >= 0.6 is 0 Å². The van der Waals surface area contributed by atoms with Crippen LogP contribution in [0.4, 0.5) is 0 Å². The molecule has 0 aliphatic carbocycles. The van der Waals surface area contributed by atoms with Gasteiger partial charge in [-0.05, 0) is 12.0 Å².